The van der Waals surface area contributed by atoms with Gasteiger partial charge in [-0.1, -0.05) is 6.92 Å². The molecule has 0 aromatic rings. The lowest BCUT2D eigenvalue weighted by atomic mass is 9.82. The highest BCUT2D eigenvalue weighted by atomic mass is 16.5. The van der Waals surface area contributed by atoms with Crippen LogP contribution < -0.4 is 5.73 Å². The third kappa shape index (κ3) is 1.36. The summed E-state index contributed by atoms with van der Waals surface area (Å²) in [7, 11) is 0. The Kier molecular flexibility index (Phi) is 2.15. The van der Waals surface area contributed by atoms with Crippen LogP contribution in [-0.2, 0) is 9.53 Å². The Morgan fingerprint density at radius 2 is 2.45 bits per heavy atom. The van der Waals surface area contributed by atoms with Crippen molar-refractivity contribution in [1.29, 1.82) is 0 Å². The largest absolute Gasteiger partial charge is 0.480 e. The Hall–Kier alpha value is -0.610. The van der Waals surface area contributed by atoms with Crippen molar-refractivity contribution in [3.63, 3.8) is 0 Å². The second kappa shape index (κ2) is 2.79. The van der Waals surface area contributed by atoms with E-state index in [0.717, 1.165) is 0 Å². The maximum Gasteiger partial charge on any atom is 0.324 e. The monoisotopic (exact) mass is 159 g/mol. The van der Waals surface area contributed by atoms with Gasteiger partial charge in [-0.25, -0.2) is 0 Å². The van der Waals surface area contributed by atoms with Crippen molar-refractivity contribution < 1.29 is 14.6 Å². The fraction of sp³-hybridized carbons (Fsp3) is 0.857. The second-order valence-corrected chi connectivity index (χ2v) is 3.07. The van der Waals surface area contributed by atoms with E-state index in [1.807, 2.05) is 0 Å². The van der Waals surface area contributed by atoms with Gasteiger partial charge in [0.05, 0.1) is 6.61 Å². The molecule has 11 heavy (non-hydrogen) atoms. The SMILES string of the molecule is CC1COCCC1(N)C(=O)O. The minimum atomic E-state index is -1.07. The third-order valence-electron chi connectivity index (χ3n) is 2.31. The highest BCUT2D eigenvalue weighted by molar-refractivity contribution is 5.79. The number of aliphatic carboxylic acids is 1. The predicted octanol–water partition coefficient (Wildman–Crippen LogP) is -0.175. The van der Waals surface area contributed by atoms with Crippen LogP contribution in [0.25, 0.3) is 0 Å². The van der Waals surface area contributed by atoms with Crippen LogP contribution in [0.5, 0.6) is 0 Å². The minimum absolute atomic E-state index is 0.103. The Morgan fingerprint density at radius 3 is 2.82 bits per heavy atom. The van der Waals surface area contributed by atoms with E-state index in [0.29, 0.717) is 19.6 Å². The molecule has 0 aromatic heterocycles. The lowest BCUT2D eigenvalue weighted by Crippen LogP contribution is -2.57. The van der Waals surface area contributed by atoms with E-state index in [-0.39, 0.29) is 5.92 Å². The van der Waals surface area contributed by atoms with Crippen LogP contribution >= 0.6 is 0 Å². The standard InChI is InChI=1S/C7H13NO3/c1-5-4-11-3-2-7(5,8)6(9)10/h5H,2-4,8H2,1H3,(H,9,10). The Balaban J connectivity index is 2.72. The number of nitrogens with two attached hydrogens (primary N) is 1. The van der Waals surface area contributed by atoms with Gasteiger partial charge >= 0.3 is 5.97 Å². The number of ether oxygens (including phenoxy) is 1. The fourth-order valence-electron chi connectivity index (χ4n) is 1.21. The summed E-state index contributed by atoms with van der Waals surface area (Å²) in [5, 5.41) is 8.79. The summed E-state index contributed by atoms with van der Waals surface area (Å²) in [6, 6.07) is 0. The first-order valence-corrected chi connectivity index (χ1v) is 3.67. The van der Waals surface area contributed by atoms with Crippen molar-refractivity contribution in [2.24, 2.45) is 11.7 Å². The summed E-state index contributed by atoms with van der Waals surface area (Å²) in [6.07, 6.45) is 0.406. The zero-order valence-electron chi connectivity index (χ0n) is 6.54. The van der Waals surface area contributed by atoms with Gasteiger partial charge in [0, 0.05) is 12.5 Å². The molecule has 1 aliphatic rings. The molecule has 4 nitrogen and oxygen atoms in total. The van der Waals surface area contributed by atoms with Crippen molar-refractivity contribution in [3.05, 3.63) is 0 Å². The second-order valence-electron chi connectivity index (χ2n) is 3.07. The van der Waals surface area contributed by atoms with E-state index >= 15 is 0 Å². The van der Waals surface area contributed by atoms with E-state index in [1.165, 1.54) is 0 Å². The van der Waals surface area contributed by atoms with Gasteiger partial charge in [0.2, 0.25) is 0 Å². The fourth-order valence-corrected chi connectivity index (χ4v) is 1.21. The quantitative estimate of drug-likeness (QED) is 0.557. The molecule has 0 aromatic carbocycles. The molecule has 4 heteroatoms. The first-order chi connectivity index (χ1) is 5.07. The number of hydrogen-bond acceptors (Lipinski definition) is 3. The number of rotatable bonds is 1. The maximum atomic E-state index is 10.7. The van der Waals surface area contributed by atoms with Gasteiger partial charge in [-0.2, -0.15) is 0 Å². The van der Waals surface area contributed by atoms with E-state index in [9.17, 15) is 4.79 Å². The van der Waals surface area contributed by atoms with Crippen LogP contribution in [0.2, 0.25) is 0 Å². The number of carbonyl (C=O) groups is 1. The van der Waals surface area contributed by atoms with Gasteiger partial charge in [-0.15, -0.1) is 0 Å². The molecular formula is C7H13NO3. The molecule has 0 aliphatic carbocycles. The molecule has 0 saturated carbocycles. The minimum Gasteiger partial charge on any atom is -0.480 e. The van der Waals surface area contributed by atoms with Gasteiger partial charge in [-0.3, -0.25) is 4.79 Å². The van der Waals surface area contributed by atoms with Crippen molar-refractivity contribution in [2.75, 3.05) is 13.2 Å². The molecule has 64 valence electrons. The predicted molar refractivity (Wildman–Crippen MR) is 39.2 cm³/mol. The molecule has 1 aliphatic heterocycles. The molecule has 2 atom stereocenters. The van der Waals surface area contributed by atoms with Crippen LogP contribution in [0.1, 0.15) is 13.3 Å². The summed E-state index contributed by atoms with van der Waals surface area (Å²) in [6.45, 7) is 2.70. The van der Waals surface area contributed by atoms with Crippen LogP contribution in [0, 0.1) is 5.92 Å². The molecule has 0 bridgehead atoms. The number of carboxylic acids is 1. The first kappa shape index (κ1) is 8.49. The van der Waals surface area contributed by atoms with Gasteiger partial charge in [-0.05, 0) is 6.42 Å². The van der Waals surface area contributed by atoms with E-state index in [1.54, 1.807) is 6.92 Å². The van der Waals surface area contributed by atoms with E-state index < -0.39 is 11.5 Å². The topological polar surface area (TPSA) is 72.5 Å². The van der Waals surface area contributed by atoms with Gasteiger partial charge in [0.25, 0.3) is 0 Å². The normalized spacial score (nSPS) is 38.5. The summed E-state index contributed by atoms with van der Waals surface area (Å²) in [5.41, 5.74) is 4.59. The van der Waals surface area contributed by atoms with Gasteiger partial charge in [0.1, 0.15) is 5.54 Å². The average molecular weight is 159 g/mol. The van der Waals surface area contributed by atoms with Gasteiger partial charge in [0.15, 0.2) is 0 Å². The van der Waals surface area contributed by atoms with Gasteiger partial charge < -0.3 is 15.6 Å². The Labute approximate surface area is 65.3 Å². The smallest absolute Gasteiger partial charge is 0.324 e. The Morgan fingerprint density at radius 1 is 1.82 bits per heavy atom. The third-order valence-corrected chi connectivity index (χ3v) is 2.31. The summed E-state index contributed by atoms with van der Waals surface area (Å²) >= 11 is 0. The molecule has 0 spiro atoms. The zero-order valence-corrected chi connectivity index (χ0v) is 6.54. The molecule has 0 amide bonds. The van der Waals surface area contributed by atoms with E-state index in [4.69, 9.17) is 15.6 Å². The summed E-state index contributed by atoms with van der Waals surface area (Å²) < 4.78 is 5.08. The van der Waals surface area contributed by atoms with Crippen LogP contribution in [-0.4, -0.2) is 29.8 Å². The lowest BCUT2D eigenvalue weighted by molar-refractivity contribution is -0.150. The molecule has 1 fully saturated rings. The van der Waals surface area contributed by atoms with Crippen molar-refractivity contribution in [2.45, 2.75) is 18.9 Å². The van der Waals surface area contributed by atoms with Crippen LogP contribution in [0.3, 0.4) is 0 Å². The molecule has 1 heterocycles. The highest BCUT2D eigenvalue weighted by Gasteiger charge is 2.41. The van der Waals surface area contributed by atoms with Crippen molar-refractivity contribution in [1.82, 2.24) is 0 Å². The number of carboxylic acid groups (broad SMARTS) is 1. The van der Waals surface area contributed by atoms with Crippen LogP contribution in [0.4, 0.5) is 0 Å². The highest BCUT2D eigenvalue weighted by Crippen LogP contribution is 2.23. The molecule has 1 saturated heterocycles. The van der Waals surface area contributed by atoms with E-state index in [2.05, 4.69) is 0 Å². The molecule has 0 radical (unpaired) electrons. The molecular weight excluding hydrogens is 146 g/mol. The maximum absolute atomic E-state index is 10.7. The average Bonchev–Trinajstić information content (AvgIpc) is 1.95. The zero-order chi connectivity index (χ0) is 8.48. The number of hydrogen-bond donors (Lipinski definition) is 2. The molecule has 2 unspecified atom stereocenters. The van der Waals surface area contributed by atoms with Crippen LogP contribution in [0.15, 0.2) is 0 Å². The lowest BCUT2D eigenvalue weighted by Gasteiger charge is -2.35. The molecule has 1 rings (SSSR count). The molecule has 3 N–H and O–H groups in total. The summed E-state index contributed by atoms with van der Waals surface area (Å²) in [4.78, 5) is 10.7. The first-order valence-electron chi connectivity index (χ1n) is 3.67. The summed E-state index contributed by atoms with van der Waals surface area (Å²) in [5.74, 6) is -1.03. The Bertz CT molecular complexity index is 171. The van der Waals surface area contributed by atoms with Crippen molar-refractivity contribution >= 4 is 5.97 Å². The van der Waals surface area contributed by atoms with Crippen molar-refractivity contribution in [3.8, 4) is 0 Å².